The van der Waals surface area contributed by atoms with Crippen LogP contribution in [0.25, 0.3) is 16.8 Å². The van der Waals surface area contributed by atoms with Crippen molar-refractivity contribution in [2.24, 2.45) is 5.73 Å². The second-order valence-electron chi connectivity index (χ2n) is 6.64. The molecule has 0 bridgehead atoms. The summed E-state index contributed by atoms with van der Waals surface area (Å²) in [6, 6.07) is 1.13. The number of hydrogen-bond acceptors (Lipinski definition) is 5. The smallest absolute Gasteiger partial charge is 0.280 e. The Morgan fingerprint density at radius 1 is 1.43 bits per heavy atom. The molecule has 4 rings (SSSR count). The van der Waals surface area contributed by atoms with Crippen LogP contribution in [0.3, 0.4) is 0 Å². The Bertz CT molecular complexity index is 1050. The third kappa shape index (κ3) is 3.47. The van der Waals surface area contributed by atoms with E-state index in [0.29, 0.717) is 34.6 Å². The van der Waals surface area contributed by atoms with Gasteiger partial charge in [0, 0.05) is 29.2 Å². The van der Waals surface area contributed by atoms with Crippen molar-refractivity contribution < 1.29 is 13.6 Å². The number of alkyl halides is 2. The summed E-state index contributed by atoms with van der Waals surface area (Å²) >= 11 is 13.2. The van der Waals surface area contributed by atoms with E-state index in [1.165, 1.54) is 0 Å². The average Bonchev–Trinajstić information content (AvgIpc) is 3.20. The van der Waals surface area contributed by atoms with Crippen molar-refractivity contribution >= 4 is 46.0 Å². The Balaban J connectivity index is 1.64. The van der Waals surface area contributed by atoms with E-state index in [1.807, 2.05) is 0 Å². The van der Waals surface area contributed by atoms with Crippen LogP contribution < -0.4 is 11.1 Å². The van der Waals surface area contributed by atoms with Crippen LogP contribution >= 0.6 is 34.5 Å². The zero-order valence-corrected chi connectivity index (χ0v) is 16.7. The first-order valence-electron chi connectivity index (χ1n) is 8.50. The fraction of sp³-hybridized carbons (Fsp3) is 0.353. The van der Waals surface area contributed by atoms with Crippen molar-refractivity contribution in [2.75, 3.05) is 0 Å². The van der Waals surface area contributed by atoms with Gasteiger partial charge in [0.25, 0.3) is 11.8 Å². The van der Waals surface area contributed by atoms with Gasteiger partial charge in [-0.25, -0.2) is 18.3 Å². The largest absolute Gasteiger partial charge is 0.340 e. The van der Waals surface area contributed by atoms with Gasteiger partial charge in [-0.2, -0.15) is 5.10 Å². The second-order valence-corrected chi connectivity index (χ2v) is 8.68. The number of pyridine rings is 1. The Morgan fingerprint density at radius 3 is 2.96 bits per heavy atom. The minimum absolute atomic E-state index is 0.0186. The number of carbonyl (C=O) groups excluding carboxylic acids is 1. The lowest BCUT2D eigenvalue weighted by Gasteiger charge is -2.36. The number of nitrogens with one attached hydrogen (secondary N) is 1. The van der Waals surface area contributed by atoms with Crippen LogP contribution in [0.2, 0.25) is 9.36 Å². The summed E-state index contributed by atoms with van der Waals surface area (Å²) < 4.78 is 30.2. The van der Waals surface area contributed by atoms with Gasteiger partial charge in [0.2, 0.25) is 0 Å². The van der Waals surface area contributed by atoms with E-state index in [2.05, 4.69) is 15.4 Å². The van der Waals surface area contributed by atoms with E-state index in [0.717, 1.165) is 11.3 Å². The van der Waals surface area contributed by atoms with Crippen LogP contribution in [-0.4, -0.2) is 38.5 Å². The monoisotopic (exact) mass is 445 g/mol. The first-order chi connectivity index (χ1) is 13.3. The Morgan fingerprint density at radius 2 is 2.21 bits per heavy atom. The number of nitrogens with zero attached hydrogens (tertiary/aromatic N) is 3. The third-order valence-electron chi connectivity index (χ3n) is 4.74. The minimum Gasteiger partial charge on any atom is -0.340 e. The highest BCUT2D eigenvalue weighted by Crippen LogP contribution is 2.36. The summed E-state index contributed by atoms with van der Waals surface area (Å²) in [6.07, 6.45) is 3.68. The zero-order chi connectivity index (χ0) is 20.1. The van der Waals surface area contributed by atoms with E-state index in [9.17, 15) is 13.6 Å². The first-order valence-corrected chi connectivity index (χ1v) is 10.1. The number of hydrogen-bond donors (Lipinski definition) is 2. The summed E-state index contributed by atoms with van der Waals surface area (Å²) in [5.74, 6) is -3.79. The lowest BCUT2D eigenvalue weighted by Crippen LogP contribution is -2.59. The summed E-state index contributed by atoms with van der Waals surface area (Å²) in [5.41, 5.74) is 7.40. The molecule has 0 aliphatic heterocycles. The van der Waals surface area contributed by atoms with Gasteiger partial charge in [-0.05, 0) is 25.0 Å². The second kappa shape index (κ2) is 7.22. The van der Waals surface area contributed by atoms with Crippen molar-refractivity contribution in [3.05, 3.63) is 38.9 Å². The molecular weight excluding hydrogens is 431 g/mol. The third-order valence-corrected chi connectivity index (χ3v) is 6.22. The topological polar surface area (TPSA) is 85.3 Å². The molecule has 1 fully saturated rings. The van der Waals surface area contributed by atoms with Crippen molar-refractivity contribution in [2.45, 2.75) is 37.3 Å². The van der Waals surface area contributed by atoms with Crippen molar-refractivity contribution in [1.82, 2.24) is 19.9 Å². The van der Waals surface area contributed by atoms with E-state index in [1.54, 1.807) is 29.0 Å². The van der Waals surface area contributed by atoms with Gasteiger partial charge in [0.05, 0.1) is 11.7 Å². The zero-order valence-electron chi connectivity index (χ0n) is 14.3. The molecule has 3 N–H and O–H groups in total. The molecular formula is C17H15Cl2F2N5OS. The summed E-state index contributed by atoms with van der Waals surface area (Å²) in [5, 5.41) is 7.03. The summed E-state index contributed by atoms with van der Waals surface area (Å²) in [7, 11) is 0. The van der Waals surface area contributed by atoms with Crippen LogP contribution in [0, 0.1) is 0 Å². The van der Waals surface area contributed by atoms with Crippen LogP contribution in [0.5, 0.6) is 0 Å². The number of fused-ring (bicyclic) bond motifs is 1. The average molecular weight is 446 g/mol. The van der Waals surface area contributed by atoms with Gasteiger partial charge >= 0.3 is 0 Å². The molecule has 0 spiro atoms. The molecule has 11 heteroatoms. The van der Waals surface area contributed by atoms with Crippen molar-refractivity contribution in [1.29, 1.82) is 0 Å². The Labute approximate surface area is 172 Å². The number of thiazole rings is 1. The van der Waals surface area contributed by atoms with Crippen LogP contribution in [0.15, 0.2) is 24.5 Å². The van der Waals surface area contributed by atoms with E-state index < -0.39 is 23.9 Å². The molecule has 1 saturated carbocycles. The highest BCUT2D eigenvalue weighted by atomic mass is 35.5. The molecule has 1 aliphatic rings. The Hall–Kier alpha value is -1.81. The predicted molar refractivity (Wildman–Crippen MR) is 104 cm³/mol. The van der Waals surface area contributed by atoms with E-state index in [-0.39, 0.29) is 15.8 Å². The van der Waals surface area contributed by atoms with Gasteiger partial charge in [-0.15, -0.1) is 0 Å². The standard InChI is InChI=1S/C17H15Cl2F2N5OS/c18-8-3-5-26-11(6-8)9(7-23-26)12-14(19)28-16(24-12)15(27)25-13-10(22)2-1-4-17(13,20)21/h3,5-7,10,13H,1-2,4,22H2,(H,25,27). The Kier molecular flexibility index (Phi) is 5.03. The number of rotatable bonds is 3. The van der Waals surface area contributed by atoms with Gasteiger partial charge in [0.15, 0.2) is 5.01 Å². The molecule has 148 valence electrons. The van der Waals surface area contributed by atoms with Gasteiger partial charge < -0.3 is 11.1 Å². The van der Waals surface area contributed by atoms with Crippen molar-refractivity contribution in [3.8, 4) is 11.3 Å². The van der Waals surface area contributed by atoms with Gasteiger partial charge in [-0.1, -0.05) is 34.5 Å². The number of carbonyl (C=O) groups is 1. The predicted octanol–water partition coefficient (Wildman–Crippen LogP) is 4.01. The molecule has 28 heavy (non-hydrogen) atoms. The highest BCUT2D eigenvalue weighted by molar-refractivity contribution is 7.18. The molecule has 6 nitrogen and oxygen atoms in total. The molecule has 2 unspecified atom stereocenters. The molecule has 0 aromatic carbocycles. The highest BCUT2D eigenvalue weighted by Gasteiger charge is 2.46. The molecule has 2 atom stereocenters. The van der Waals surface area contributed by atoms with E-state index in [4.69, 9.17) is 28.9 Å². The number of halogens is 4. The number of amides is 1. The van der Waals surface area contributed by atoms with Crippen LogP contribution in [0.4, 0.5) is 8.78 Å². The van der Waals surface area contributed by atoms with Crippen LogP contribution in [-0.2, 0) is 0 Å². The number of nitrogens with two attached hydrogens (primary N) is 1. The van der Waals surface area contributed by atoms with Crippen LogP contribution in [0.1, 0.15) is 29.1 Å². The molecule has 3 heterocycles. The van der Waals surface area contributed by atoms with Crippen molar-refractivity contribution in [3.63, 3.8) is 0 Å². The minimum atomic E-state index is -3.06. The lowest BCUT2D eigenvalue weighted by molar-refractivity contribution is -0.0674. The molecule has 0 saturated heterocycles. The maximum atomic E-state index is 14.2. The van der Waals surface area contributed by atoms with E-state index >= 15 is 0 Å². The molecule has 3 aromatic rings. The maximum Gasteiger partial charge on any atom is 0.280 e. The number of aromatic nitrogens is 3. The first kappa shape index (κ1) is 19.5. The van der Waals surface area contributed by atoms with Gasteiger partial charge in [0.1, 0.15) is 16.1 Å². The quantitative estimate of drug-likeness (QED) is 0.637. The fourth-order valence-electron chi connectivity index (χ4n) is 3.33. The molecule has 1 aliphatic carbocycles. The molecule has 1 amide bonds. The molecule has 3 aromatic heterocycles. The maximum absolute atomic E-state index is 14.2. The summed E-state index contributed by atoms with van der Waals surface area (Å²) in [4.78, 5) is 16.8. The summed E-state index contributed by atoms with van der Waals surface area (Å²) in [6.45, 7) is 0. The fourth-order valence-corrected chi connectivity index (χ4v) is 4.56. The SMILES string of the molecule is NC1CCCC(F)(F)C1NC(=O)c1nc(-c2cnn3ccc(Cl)cc23)c(Cl)s1. The van der Waals surface area contributed by atoms with Gasteiger partial charge in [-0.3, -0.25) is 4.79 Å². The molecule has 0 radical (unpaired) electrons. The normalized spacial score (nSPS) is 21.8. The lowest BCUT2D eigenvalue weighted by atomic mass is 9.87.